The van der Waals surface area contributed by atoms with Crippen molar-refractivity contribution in [2.75, 3.05) is 36.0 Å². The summed E-state index contributed by atoms with van der Waals surface area (Å²) in [5.41, 5.74) is 1.40. The number of carbonyl (C=O) groups excluding carboxylic acids is 2. The van der Waals surface area contributed by atoms with Gasteiger partial charge in [0.15, 0.2) is 0 Å². The number of benzene rings is 1. The van der Waals surface area contributed by atoms with E-state index in [4.69, 9.17) is 0 Å². The summed E-state index contributed by atoms with van der Waals surface area (Å²) in [6, 6.07) is 5.01. The number of carbonyl (C=O) groups is 2. The number of hydrogen-bond acceptors (Lipinski definition) is 5. The van der Waals surface area contributed by atoms with Crippen LogP contribution in [0.15, 0.2) is 23.1 Å². The number of nitrogens with one attached hydrogen (secondary N) is 1. The minimum Gasteiger partial charge on any atom is -0.358 e. The summed E-state index contributed by atoms with van der Waals surface area (Å²) in [5.74, 6) is -0.265. The number of anilines is 2. The zero-order chi connectivity index (χ0) is 23.7. The quantitative estimate of drug-likeness (QED) is 0.688. The minimum atomic E-state index is -3.64. The zero-order valence-corrected chi connectivity index (χ0v) is 20.7. The van der Waals surface area contributed by atoms with E-state index in [1.807, 2.05) is 6.07 Å². The summed E-state index contributed by atoms with van der Waals surface area (Å²) < 4.78 is 28.3. The molecule has 3 heterocycles. The molecule has 34 heavy (non-hydrogen) atoms. The molecule has 0 bridgehead atoms. The molecule has 0 radical (unpaired) electrons. The maximum atomic E-state index is 13.6. The summed E-state index contributed by atoms with van der Waals surface area (Å²) in [6.45, 7) is 1.75. The molecule has 0 spiro atoms. The van der Waals surface area contributed by atoms with Crippen LogP contribution in [0.3, 0.4) is 0 Å². The van der Waals surface area contributed by atoms with Gasteiger partial charge in [0, 0.05) is 25.7 Å². The predicted molar refractivity (Wildman–Crippen MR) is 131 cm³/mol. The molecule has 186 valence electrons. The van der Waals surface area contributed by atoms with Gasteiger partial charge in [0.2, 0.25) is 21.8 Å². The van der Waals surface area contributed by atoms with Crippen LogP contribution in [0.1, 0.15) is 70.6 Å². The van der Waals surface area contributed by atoms with Crippen molar-refractivity contribution in [2.24, 2.45) is 0 Å². The number of sulfonamides is 1. The van der Waals surface area contributed by atoms with Gasteiger partial charge < -0.3 is 10.2 Å². The molecule has 1 atom stereocenters. The molecule has 0 aromatic heterocycles. The predicted octanol–water partition coefficient (Wildman–Crippen LogP) is 3.02. The lowest BCUT2D eigenvalue weighted by atomic mass is 9.95. The summed E-state index contributed by atoms with van der Waals surface area (Å²) >= 11 is 0. The van der Waals surface area contributed by atoms with Crippen molar-refractivity contribution >= 4 is 33.2 Å². The molecule has 1 N–H and O–H groups in total. The fourth-order valence-corrected chi connectivity index (χ4v) is 7.52. The van der Waals surface area contributed by atoms with E-state index < -0.39 is 10.0 Å². The Morgan fingerprint density at radius 2 is 1.56 bits per heavy atom. The Labute approximate surface area is 202 Å². The Morgan fingerprint density at radius 3 is 2.32 bits per heavy atom. The van der Waals surface area contributed by atoms with Gasteiger partial charge in [-0.1, -0.05) is 25.7 Å². The molecular weight excluding hydrogens is 452 g/mol. The third-order valence-corrected chi connectivity index (χ3v) is 9.72. The highest BCUT2D eigenvalue weighted by atomic mass is 32.2. The van der Waals surface area contributed by atoms with Crippen LogP contribution in [-0.2, 0) is 19.6 Å². The van der Waals surface area contributed by atoms with Crippen molar-refractivity contribution in [1.29, 1.82) is 0 Å². The van der Waals surface area contributed by atoms with Gasteiger partial charge in [0.25, 0.3) is 0 Å². The first-order valence-electron chi connectivity index (χ1n) is 13.0. The summed E-state index contributed by atoms with van der Waals surface area (Å²) in [5, 5.41) is 3.11. The van der Waals surface area contributed by atoms with Crippen LogP contribution in [0.25, 0.3) is 0 Å². The molecule has 2 saturated heterocycles. The maximum Gasteiger partial charge on any atom is 0.250 e. The molecule has 1 saturated carbocycles. The molecule has 5 rings (SSSR count). The Morgan fingerprint density at radius 1 is 0.882 bits per heavy atom. The summed E-state index contributed by atoms with van der Waals surface area (Å²) in [4.78, 5) is 30.4. The molecule has 2 amide bonds. The van der Waals surface area contributed by atoms with E-state index in [1.54, 1.807) is 16.4 Å². The normalized spacial score (nSPS) is 24.5. The van der Waals surface area contributed by atoms with Gasteiger partial charge in [-0.15, -0.1) is 0 Å². The highest BCUT2D eigenvalue weighted by Gasteiger charge is 2.41. The Balaban J connectivity index is 1.46. The largest absolute Gasteiger partial charge is 0.358 e. The van der Waals surface area contributed by atoms with Crippen molar-refractivity contribution in [2.45, 2.75) is 87.6 Å². The van der Waals surface area contributed by atoms with Gasteiger partial charge in [0.05, 0.1) is 16.3 Å². The van der Waals surface area contributed by atoms with Crippen molar-refractivity contribution in [1.82, 2.24) is 9.62 Å². The number of nitrogens with zero attached hydrogens (tertiary/aromatic N) is 3. The Bertz CT molecular complexity index is 1030. The minimum absolute atomic E-state index is 0.0696. The summed E-state index contributed by atoms with van der Waals surface area (Å²) in [7, 11) is -3.64. The number of fused-ring (bicyclic) bond motifs is 3. The van der Waals surface area contributed by atoms with Crippen LogP contribution in [0.2, 0.25) is 0 Å². The van der Waals surface area contributed by atoms with E-state index >= 15 is 0 Å². The fourth-order valence-electron chi connectivity index (χ4n) is 5.98. The average molecular weight is 489 g/mol. The molecular formula is C25H36N4O4S. The van der Waals surface area contributed by atoms with Crippen molar-refractivity contribution in [3.8, 4) is 0 Å². The van der Waals surface area contributed by atoms with E-state index in [0.717, 1.165) is 76.4 Å². The van der Waals surface area contributed by atoms with Crippen LogP contribution in [0.4, 0.5) is 11.4 Å². The van der Waals surface area contributed by atoms with Crippen LogP contribution >= 0.6 is 0 Å². The molecule has 8 nitrogen and oxygen atoms in total. The first-order chi connectivity index (χ1) is 16.4. The second kappa shape index (κ2) is 9.85. The first kappa shape index (κ1) is 23.6. The van der Waals surface area contributed by atoms with E-state index in [9.17, 15) is 18.0 Å². The van der Waals surface area contributed by atoms with Crippen LogP contribution in [-0.4, -0.2) is 62.8 Å². The molecule has 4 aliphatic rings. The van der Waals surface area contributed by atoms with E-state index in [0.29, 0.717) is 18.8 Å². The molecule has 9 heteroatoms. The number of amides is 2. The lowest BCUT2D eigenvalue weighted by Gasteiger charge is -2.45. The van der Waals surface area contributed by atoms with Gasteiger partial charge >= 0.3 is 0 Å². The number of rotatable bonds is 5. The fraction of sp³-hybridized carbons (Fsp3) is 0.680. The first-order valence-corrected chi connectivity index (χ1v) is 14.4. The third-order valence-electron chi connectivity index (χ3n) is 7.83. The molecule has 1 unspecified atom stereocenters. The molecule has 3 fully saturated rings. The smallest absolute Gasteiger partial charge is 0.250 e. The second-order valence-electron chi connectivity index (χ2n) is 10.1. The van der Waals surface area contributed by atoms with Crippen LogP contribution in [0.5, 0.6) is 0 Å². The standard InChI is InChI=1S/C25H36N4O4S/c30-24(26-19-9-3-1-4-10-19)18-29-23-17-20(34(32,33)27-14-6-2-7-15-27)12-13-21(23)28-16-8-5-11-22(28)25(29)31/h12-13,17,19,22H,1-11,14-16,18H2,(H,26,30). The molecule has 1 aromatic carbocycles. The van der Waals surface area contributed by atoms with E-state index in [-0.39, 0.29) is 35.3 Å². The molecule has 1 aliphatic carbocycles. The third kappa shape index (κ3) is 4.56. The lowest BCUT2D eigenvalue weighted by molar-refractivity contribution is -0.125. The topological polar surface area (TPSA) is 90.0 Å². The van der Waals surface area contributed by atoms with Gasteiger partial charge in [-0.2, -0.15) is 4.31 Å². The highest BCUT2D eigenvalue weighted by molar-refractivity contribution is 7.89. The number of hydrogen-bond donors (Lipinski definition) is 1. The van der Waals surface area contributed by atoms with Crippen molar-refractivity contribution in [3.05, 3.63) is 18.2 Å². The second-order valence-corrected chi connectivity index (χ2v) is 12.1. The average Bonchev–Trinajstić information content (AvgIpc) is 2.87. The van der Waals surface area contributed by atoms with Gasteiger partial charge in [0.1, 0.15) is 12.6 Å². The monoisotopic (exact) mass is 488 g/mol. The van der Waals surface area contributed by atoms with Crippen LogP contribution < -0.4 is 15.1 Å². The Kier molecular flexibility index (Phi) is 6.84. The van der Waals surface area contributed by atoms with Crippen LogP contribution in [0, 0.1) is 0 Å². The molecule has 3 aliphatic heterocycles. The van der Waals surface area contributed by atoms with Gasteiger partial charge in [-0.05, 0) is 63.1 Å². The Hall–Kier alpha value is -2.13. The van der Waals surface area contributed by atoms with E-state index in [1.165, 1.54) is 11.3 Å². The van der Waals surface area contributed by atoms with Crippen molar-refractivity contribution < 1.29 is 18.0 Å². The van der Waals surface area contributed by atoms with Gasteiger partial charge in [-0.25, -0.2) is 8.42 Å². The van der Waals surface area contributed by atoms with E-state index in [2.05, 4.69) is 10.2 Å². The number of piperidine rings is 2. The maximum absolute atomic E-state index is 13.6. The van der Waals surface area contributed by atoms with Gasteiger partial charge in [-0.3, -0.25) is 14.5 Å². The SMILES string of the molecule is O=C(CN1C(=O)C2CCCCN2c2ccc(S(=O)(=O)N3CCCCC3)cc21)NC1CCCCC1. The molecule has 1 aromatic rings. The highest BCUT2D eigenvalue weighted by Crippen LogP contribution is 2.41. The lowest BCUT2D eigenvalue weighted by Crippen LogP contribution is -2.57. The van der Waals surface area contributed by atoms with Crippen molar-refractivity contribution in [3.63, 3.8) is 0 Å². The zero-order valence-electron chi connectivity index (χ0n) is 19.9. The summed E-state index contributed by atoms with van der Waals surface area (Å²) in [6.07, 6.45) is 10.9.